The molecule has 0 saturated heterocycles. The first kappa shape index (κ1) is 10.5. The fourth-order valence-electron chi connectivity index (χ4n) is 2.61. The largest absolute Gasteiger partial charge is 0.381 e. The van der Waals surface area contributed by atoms with E-state index in [-0.39, 0.29) is 0 Å². The highest BCUT2D eigenvalue weighted by atomic mass is 35.5. The van der Waals surface area contributed by atoms with Crippen molar-refractivity contribution in [2.45, 2.75) is 50.5 Å². The lowest BCUT2D eigenvalue weighted by Gasteiger charge is -2.15. The van der Waals surface area contributed by atoms with E-state index in [4.69, 9.17) is 11.6 Å². The second-order valence-electron chi connectivity index (χ2n) is 5.14. The van der Waals surface area contributed by atoms with Crippen LogP contribution in [0.4, 0.5) is 5.69 Å². The fourth-order valence-corrected chi connectivity index (χ4v) is 2.85. The Hall–Kier alpha value is -0.690. The molecule has 2 fully saturated rings. The summed E-state index contributed by atoms with van der Waals surface area (Å²) in [6.07, 6.45) is 7.98. The van der Waals surface area contributed by atoms with Crippen LogP contribution in [0.1, 0.15) is 50.0 Å². The molecule has 1 N–H and O–H groups in total. The second kappa shape index (κ2) is 4.29. The third-order valence-electron chi connectivity index (χ3n) is 3.76. The van der Waals surface area contributed by atoms with E-state index in [1.54, 1.807) is 0 Å². The highest BCUT2D eigenvalue weighted by Crippen LogP contribution is 2.42. The van der Waals surface area contributed by atoms with E-state index in [1.165, 1.54) is 44.1 Å². The lowest BCUT2D eigenvalue weighted by molar-refractivity contribution is 0.755. The number of anilines is 1. The first-order valence-electron chi connectivity index (χ1n) is 6.39. The number of benzene rings is 1. The molecule has 3 rings (SSSR count). The van der Waals surface area contributed by atoms with Crippen molar-refractivity contribution in [3.8, 4) is 0 Å². The molecule has 0 radical (unpaired) electrons. The van der Waals surface area contributed by atoms with Gasteiger partial charge in [-0.3, -0.25) is 0 Å². The third kappa shape index (κ3) is 2.20. The van der Waals surface area contributed by atoms with Gasteiger partial charge >= 0.3 is 0 Å². The van der Waals surface area contributed by atoms with Crippen molar-refractivity contribution in [1.29, 1.82) is 0 Å². The minimum absolute atomic E-state index is 0.643. The first-order valence-corrected chi connectivity index (χ1v) is 6.77. The maximum atomic E-state index is 6.32. The van der Waals surface area contributed by atoms with Gasteiger partial charge in [0.05, 0.1) is 10.7 Å². The van der Waals surface area contributed by atoms with Crippen molar-refractivity contribution in [2.75, 3.05) is 5.32 Å². The molecule has 2 saturated carbocycles. The van der Waals surface area contributed by atoms with Gasteiger partial charge in [-0.25, -0.2) is 0 Å². The second-order valence-corrected chi connectivity index (χ2v) is 5.55. The summed E-state index contributed by atoms with van der Waals surface area (Å²) >= 11 is 6.32. The van der Waals surface area contributed by atoms with Gasteiger partial charge in [0.1, 0.15) is 0 Å². The van der Waals surface area contributed by atoms with Gasteiger partial charge in [-0.2, -0.15) is 0 Å². The van der Waals surface area contributed by atoms with Crippen LogP contribution in [-0.4, -0.2) is 6.04 Å². The molecule has 0 bridgehead atoms. The zero-order valence-electron chi connectivity index (χ0n) is 9.51. The van der Waals surface area contributed by atoms with Crippen LogP contribution in [-0.2, 0) is 0 Å². The van der Waals surface area contributed by atoms with Crippen LogP contribution in [0.25, 0.3) is 0 Å². The molecule has 86 valence electrons. The van der Waals surface area contributed by atoms with Gasteiger partial charge < -0.3 is 5.32 Å². The summed E-state index contributed by atoms with van der Waals surface area (Å²) < 4.78 is 0. The van der Waals surface area contributed by atoms with Gasteiger partial charge in [-0.1, -0.05) is 30.5 Å². The number of halogens is 1. The number of hydrogen-bond donors (Lipinski definition) is 1. The Kier molecular flexibility index (Phi) is 2.81. The third-order valence-corrected chi connectivity index (χ3v) is 4.07. The van der Waals surface area contributed by atoms with Crippen molar-refractivity contribution < 1.29 is 0 Å². The molecule has 0 heterocycles. The zero-order valence-corrected chi connectivity index (χ0v) is 10.3. The maximum absolute atomic E-state index is 6.32. The molecule has 0 unspecified atom stereocenters. The van der Waals surface area contributed by atoms with Crippen molar-refractivity contribution in [2.24, 2.45) is 0 Å². The number of nitrogens with one attached hydrogen (secondary N) is 1. The SMILES string of the molecule is Clc1cc(C2CC2)ccc1NC1CCCC1. The zero-order chi connectivity index (χ0) is 11.0. The molecule has 0 aliphatic heterocycles. The minimum atomic E-state index is 0.643. The van der Waals surface area contributed by atoms with E-state index >= 15 is 0 Å². The molecule has 0 atom stereocenters. The van der Waals surface area contributed by atoms with Gasteiger partial charge in [-0.15, -0.1) is 0 Å². The highest BCUT2D eigenvalue weighted by Gasteiger charge is 2.24. The van der Waals surface area contributed by atoms with Crippen LogP contribution < -0.4 is 5.32 Å². The summed E-state index contributed by atoms with van der Waals surface area (Å²) in [4.78, 5) is 0. The molecule has 1 aromatic carbocycles. The lowest BCUT2D eigenvalue weighted by atomic mass is 10.1. The molecule has 0 amide bonds. The van der Waals surface area contributed by atoms with Gasteiger partial charge in [-0.05, 0) is 49.3 Å². The molecule has 2 aliphatic rings. The van der Waals surface area contributed by atoms with Crippen molar-refractivity contribution in [1.82, 2.24) is 0 Å². The Bertz CT molecular complexity index is 378. The number of rotatable bonds is 3. The van der Waals surface area contributed by atoms with Crippen LogP contribution in [0.2, 0.25) is 5.02 Å². The molecule has 2 aliphatic carbocycles. The molecular formula is C14H18ClN. The van der Waals surface area contributed by atoms with Gasteiger partial charge in [0.2, 0.25) is 0 Å². The van der Waals surface area contributed by atoms with Crippen molar-refractivity contribution >= 4 is 17.3 Å². The van der Waals surface area contributed by atoms with E-state index in [1.807, 2.05) is 0 Å². The first-order chi connectivity index (χ1) is 7.83. The topological polar surface area (TPSA) is 12.0 Å². The Morgan fingerprint density at radius 1 is 1.06 bits per heavy atom. The monoisotopic (exact) mass is 235 g/mol. The molecule has 0 spiro atoms. The summed E-state index contributed by atoms with van der Waals surface area (Å²) in [6.45, 7) is 0. The minimum Gasteiger partial charge on any atom is -0.381 e. The molecular weight excluding hydrogens is 218 g/mol. The van der Waals surface area contributed by atoms with Crippen LogP contribution in [0, 0.1) is 0 Å². The van der Waals surface area contributed by atoms with Gasteiger partial charge in [0.15, 0.2) is 0 Å². The van der Waals surface area contributed by atoms with Crippen LogP contribution in [0.15, 0.2) is 18.2 Å². The summed E-state index contributed by atoms with van der Waals surface area (Å²) in [7, 11) is 0. The predicted molar refractivity (Wildman–Crippen MR) is 69.3 cm³/mol. The standard InChI is InChI=1S/C14H18ClN/c15-13-9-11(10-5-6-10)7-8-14(13)16-12-3-1-2-4-12/h7-10,12,16H,1-6H2. The summed E-state index contributed by atoms with van der Waals surface area (Å²) in [5.41, 5.74) is 2.54. The van der Waals surface area contributed by atoms with Crippen molar-refractivity contribution in [3.63, 3.8) is 0 Å². The predicted octanol–water partition coefficient (Wildman–Crippen LogP) is 4.57. The van der Waals surface area contributed by atoms with E-state index < -0.39 is 0 Å². The summed E-state index contributed by atoms with van der Waals surface area (Å²) in [6, 6.07) is 7.19. The van der Waals surface area contributed by atoms with E-state index in [0.29, 0.717) is 6.04 Å². The fraction of sp³-hybridized carbons (Fsp3) is 0.571. The summed E-state index contributed by atoms with van der Waals surface area (Å²) in [5, 5.41) is 4.46. The Morgan fingerprint density at radius 3 is 2.44 bits per heavy atom. The quantitative estimate of drug-likeness (QED) is 0.809. The Labute approximate surface area is 102 Å². The maximum Gasteiger partial charge on any atom is 0.0640 e. The van der Waals surface area contributed by atoms with E-state index in [2.05, 4.69) is 23.5 Å². The smallest absolute Gasteiger partial charge is 0.0640 e. The van der Waals surface area contributed by atoms with E-state index in [0.717, 1.165) is 16.6 Å². The van der Waals surface area contributed by atoms with Gasteiger partial charge in [0, 0.05) is 6.04 Å². The van der Waals surface area contributed by atoms with E-state index in [9.17, 15) is 0 Å². The van der Waals surface area contributed by atoms with Crippen molar-refractivity contribution in [3.05, 3.63) is 28.8 Å². The van der Waals surface area contributed by atoms with Crippen LogP contribution in [0.3, 0.4) is 0 Å². The molecule has 0 aromatic heterocycles. The highest BCUT2D eigenvalue weighted by molar-refractivity contribution is 6.33. The summed E-state index contributed by atoms with van der Waals surface area (Å²) in [5.74, 6) is 0.790. The van der Waals surface area contributed by atoms with Crippen LogP contribution in [0.5, 0.6) is 0 Å². The average molecular weight is 236 g/mol. The number of hydrogen-bond acceptors (Lipinski definition) is 1. The average Bonchev–Trinajstić information content (AvgIpc) is 3.01. The molecule has 1 nitrogen and oxygen atoms in total. The Morgan fingerprint density at radius 2 is 1.81 bits per heavy atom. The van der Waals surface area contributed by atoms with Gasteiger partial charge in [0.25, 0.3) is 0 Å². The lowest BCUT2D eigenvalue weighted by Crippen LogP contribution is -2.14. The molecule has 16 heavy (non-hydrogen) atoms. The normalized spacial score (nSPS) is 21.3. The Balaban J connectivity index is 1.73. The van der Waals surface area contributed by atoms with Crippen LogP contribution >= 0.6 is 11.6 Å². The molecule has 1 aromatic rings. The molecule has 2 heteroatoms.